The molecule has 0 saturated heterocycles. The van der Waals surface area contributed by atoms with E-state index in [1.807, 2.05) is 12.1 Å². The van der Waals surface area contributed by atoms with Gasteiger partial charge in [-0.1, -0.05) is 17.3 Å². The van der Waals surface area contributed by atoms with Gasteiger partial charge in [-0.15, -0.1) is 6.42 Å². The Kier molecular flexibility index (Phi) is 5.90. The monoisotopic (exact) mass is 407 g/mol. The van der Waals surface area contributed by atoms with Gasteiger partial charge in [0.1, 0.15) is 0 Å². The minimum absolute atomic E-state index is 0.173. The Morgan fingerprint density at radius 2 is 1.86 bits per heavy atom. The van der Waals surface area contributed by atoms with Gasteiger partial charge in [-0.05, 0) is 42.5 Å². The number of ether oxygens (including phenoxy) is 1. The molecule has 1 aromatic heterocycles. The number of hydrogen-bond acceptors (Lipinski definition) is 5. The molecule has 2 amide bonds. The molecule has 2 aromatic carbocycles. The van der Waals surface area contributed by atoms with Crippen molar-refractivity contribution in [3.8, 4) is 12.3 Å². The molecule has 1 heterocycles. The van der Waals surface area contributed by atoms with Crippen LogP contribution in [0.15, 0.2) is 47.5 Å². The number of thiazole rings is 1. The van der Waals surface area contributed by atoms with E-state index in [1.54, 1.807) is 10.6 Å². The van der Waals surface area contributed by atoms with Crippen LogP contribution in [0, 0.1) is 12.3 Å². The van der Waals surface area contributed by atoms with E-state index in [1.165, 1.54) is 49.6 Å². The summed E-state index contributed by atoms with van der Waals surface area (Å²) in [6.45, 7) is 1.68. The molecule has 0 radical (unpaired) electrons. The summed E-state index contributed by atoms with van der Waals surface area (Å²) in [5.41, 5.74) is 2.14. The van der Waals surface area contributed by atoms with Gasteiger partial charge in [0.15, 0.2) is 4.80 Å². The molecular weight excluding hydrogens is 390 g/mol. The fraction of sp³-hybridized carbons (Fsp3) is 0.143. The number of hydrogen-bond donors (Lipinski definition) is 1. The van der Waals surface area contributed by atoms with Crippen LogP contribution in [0.4, 0.5) is 5.69 Å². The second-order valence-corrected chi connectivity index (χ2v) is 7.03. The zero-order chi connectivity index (χ0) is 21.0. The van der Waals surface area contributed by atoms with Crippen molar-refractivity contribution in [1.82, 2.24) is 4.57 Å². The van der Waals surface area contributed by atoms with Gasteiger partial charge in [0, 0.05) is 18.2 Å². The third-order valence-corrected chi connectivity index (χ3v) is 5.04. The lowest BCUT2D eigenvalue weighted by atomic mass is 10.1. The fourth-order valence-corrected chi connectivity index (χ4v) is 3.77. The first-order valence-corrected chi connectivity index (χ1v) is 9.36. The predicted molar refractivity (Wildman–Crippen MR) is 111 cm³/mol. The Morgan fingerprint density at radius 3 is 2.48 bits per heavy atom. The molecule has 7 nitrogen and oxygen atoms in total. The van der Waals surface area contributed by atoms with Crippen molar-refractivity contribution < 1.29 is 19.1 Å². The maximum atomic E-state index is 12.6. The van der Waals surface area contributed by atoms with Crippen LogP contribution in [0.2, 0.25) is 0 Å². The molecule has 0 spiro atoms. The van der Waals surface area contributed by atoms with E-state index in [9.17, 15) is 14.4 Å². The maximum Gasteiger partial charge on any atom is 0.337 e. The number of nitrogens with zero attached hydrogens (tertiary/aromatic N) is 2. The van der Waals surface area contributed by atoms with Crippen molar-refractivity contribution in [1.29, 1.82) is 0 Å². The smallest absolute Gasteiger partial charge is 0.337 e. The van der Waals surface area contributed by atoms with Gasteiger partial charge in [0.25, 0.3) is 5.91 Å². The standard InChI is InChI=1S/C21H17N3O4S/c1-4-11-24-17-10-9-16(22-13(2)25)12-18(17)29-21(24)23-19(26)14-5-7-15(8-6-14)20(27)28-3/h1,5-10,12H,11H2,2-3H3,(H,22,25). The molecule has 0 atom stereocenters. The zero-order valence-corrected chi connectivity index (χ0v) is 16.6. The molecule has 0 bridgehead atoms. The highest BCUT2D eigenvalue weighted by molar-refractivity contribution is 7.16. The number of rotatable bonds is 4. The van der Waals surface area contributed by atoms with Crippen LogP contribution in [0.3, 0.4) is 0 Å². The summed E-state index contributed by atoms with van der Waals surface area (Å²) in [7, 11) is 1.29. The molecule has 0 saturated carbocycles. The molecular formula is C21H17N3O4S. The van der Waals surface area contributed by atoms with E-state index in [-0.39, 0.29) is 12.5 Å². The molecule has 0 unspecified atom stereocenters. The number of fused-ring (bicyclic) bond motifs is 1. The van der Waals surface area contributed by atoms with E-state index in [4.69, 9.17) is 6.42 Å². The highest BCUT2D eigenvalue weighted by atomic mass is 32.1. The van der Waals surface area contributed by atoms with E-state index < -0.39 is 11.9 Å². The predicted octanol–water partition coefficient (Wildman–Crippen LogP) is 2.82. The third-order valence-electron chi connectivity index (χ3n) is 4.00. The molecule has 3 rings (SSSR count). The van der Waals surface area contributed by atoms with Gasteiger partial charge >= 0.3 is 5.97 Å². The molecule has 1 N–H and O–H groups in total. The molecule has 0 aliphatic heterocycles. The summed E-state index contributed by atoms with van der Waals surface area (Å²) < 4.78 is 7.24. The van der Waals surface area contributed by atoms with Crippen LogP contribution >= 0.6 is 11.3 Å². The van der Waals surface area contributed by atoms with Crippen molar-refractivity contribution >= 4 is 45.0 Å². The van der Waals surface area contributed by atoms with Gasteiger partial charge in [-0.3, -0.25) is 9.59 Å². The van der Waals surface area contributed by atoms with Crippen LogP contribution < -0.4 is 10.1 Å². The normalized spacial score (nSPS) is 11.1. The minimum Gasteiger partial charge on any atom is -0.465 e. The topological polar surface area (TPSA) is 89.8 Å². The Bertz CT molecular complexity index is 1210. The lowest BCUT2D eigenvalue weighted by Crippen LogP contribution is -2.16. The van der Waals surface area contributed by atoms with Crippen molar-refractivity contribution in [2.24, 2.45) is 4.99 Å². The van der Waals surface area contributed by atoms with Gasteiger partial charge < -0.3 is 14.6 Å². The molecule has 0 aliphatic rings. The number of carbonyl (C=O) groups is 3. The van der Waals surface area contributed by atoms with Crippen LogP contribution in [-0.2, 0) is 16.1 Å². The lowest BCUT2D eigenvalue weighted by molar-refractivity contribution is -0.114. The average Bonchev–Trinajstić information content (AvgIpc) is 3.03. The highest BCUT2D eigenvalue weighted by Gasteiger charge is 2.11. The molecule has 0 fully saturated rings. The first-order chi connectivity index (χ1) is 13.9. The van der Waals surface area contributed by atoms with E-state index in [0.717, 1.165) is 10.2 Å². The number of amides is 2. The molecule has 0 aliphatic carbocycles. The third kappa shape index (κ3) is 4.42. The Morgan fingerprint density at radius 1 is 1.17 bits per heavy atom. The Balaban J connectivity index is 2.02. The van der Waals surface area contributed by atoms with Crippen molar-refractivity contribution in [2.75, 3.05) is 12.4 Å². The largest absolute Gasteiger partial charge is 0.465 e. The van der Waals surface area contributed by atoms with E-state index >= 15 is 0 Å². The number of carbonyl (C=O) groups excluding carboxylic acids is 3. The number of terminal acetylenes is 1. The lowest BCUT2D eigenvalue weighted by Gasteiger charge is -2.03. The SMILES string of the molecule is C#CCn1c(=NC(=O)c2ccc(C(=O)OC)cc2)sc2cc(NC(C)=O)ccc21. The van der Waals surface area contributed by atoms with Gasteiger partial charge in [-0.2, -0.15) is 4.99 Å². The van der Waals surface area contributed by atoms with Gasteiger partial charge in [0.05, 0.1) is 29.4 Å². The molecule has 8 heteroatoms. The zero-order valence-electron chi connectivity index (χ0n) is 15.8. The number of anilines is 1. The molecule has 29 heavy (non-hydrogen) atoms. The molecule has 146 valence electrons. The number of benzene rings is 2. The van der Waals surface area contributed by atoms with Crippen molar-refractivity contribution in [3.63, 3.8) is 0 Å². The van der Waals surface area contributed by atoms with Crippen molar-refractivity contribution in [2.45, 2.75) is 13.5 Å². The fourth-order valence-electron chi connectivity index (χ4n) is 2.70. The first-order valence-electron chi connectivity index (χ1n) is 8.55. The Labute approximate surface area is 170 Å². The van der Waals surface area contributed by atoms with Crippen LogP contribution in [0.25, 0.3) is 10.2 Å². The Hall–Kier alpha value is -3.70. The van der Waals surface area contributed by atoms with Crippen LogP contribution in [-0.4, -0.2) is 29.5 Å². The van der Waals surface area contributed by atoms with E-state index in [0.29, 0.717) is 21.6 Å². The summed E-state index contributed by atoms with van der Waals surface area (Å²) in [5, 5.41) is 2.73. The van der Waals surface area contributed by atoms with Crippen LogP contribution in [0.1, 0.15) is 27.6 Å². The van der Waals surface area contributed by atoms with Crippen LogP contribution in [0.5, 0.6) is 0 Å². The summed E-state index contributed by atoms with van der Waals surface area (Å²) in [5.74, 6) is 1.46. The summed E-state index contributed by atoms with van der Waals surface area (Å²) in [6, 6.07) is 11.5. The second-order valence-electron chi connectivity index (χ2n) is 6.02. The summed E-state index contributed by atoms with van der Waals surface area (Å²) in [6.07, 6.45) is 5.48. The van der Waals surface area contributed by atoms with Crippen molar-refractivity contribution in [3.05, 3.63) is 58.4 Å². The highest BCUT2D eigenvalue weighted by Crippen LogP contribution is 2.22. The number of nitrogens with one attached hydrogen (secondary N) is 1. The average molecular weight is 407 g/mol. The quantitative estimate of drug-likeness (QED) is 0.532. The first kappa shape index (κ1) is 20.0. The second kappa shape index (κ2) is 8.54. The van der Waals surface area contributed by atoms with Gasteiger partial charge in [-0.25, -0.2) is 4.79 Å². The van der Waals surface area contributed by atoms with Gasteiger partial charge in [0.2, 0.25) is 5.91 Å². The maximum absolute atomic E-state index is 12.6. The number of esters is 1. The number of methoxy groups -OCH3 is 1. The van der Waals surface area contributed by atoms with E-state index in [2.05, 4.69) is 21.0 Å². The summed E-state index contributed by atoms with van der Waals surface area (Å²) in [4.78, 5) is 40.1. The summed E-state index contributed by atoms with van der Waals surface area (Å²) >= 11 is 1.29. The number of aromatic nitrogens is 1. The molecule has 3 aromatic rings. The minimum atomic E-state index is -0.479.